The van der Waals surface area contributed by atoms with E-state index in [-0.39, 0.29) is 10.8 Å². The summed E-state index contributed by atoms with van der Waals surface area (Å²) in [7, 11) is 0. The molecule has 0 aliphatic heterocycles. The van der Waals surface area contributed by atoms with Crippen LogP contribution in [0.2, 0.25) is 0 Å². The minimum atomic E-state index is -0.171. The molecule has 1 aromatic heterocycles. The van der Waals surface area contributed by atoms with Gasteiger partial charge >= 0.3 is 0 Å². The van der Waals surface area contributed by atoms with Crippen LogP contribution in [0.3, 0.4) is 0 Å². The zero-order chi connectivity index (χ0) is 49.7. The smallest absolute Gasteiger partial charge is 0.0541 e. The van der Waals surface area contributed by atoms with Crippen LogP contribution in [0.5, 0.6) is 0 Å². The van der Waals surface area contributed by atoms with Gasteiger partial charge in [0.1, 0.15) is 0 Å². The normalized spacial score (nSPS) is 15.9. The number of rotatable bonds is 8. The van der Waals surface area contributed by atoms with E-state index >= 15 is 0 Å². The van der Waals surface area contributed by atoms with Crippen LogP contribution in [0.1, 0.15) is 81.2 Å². The third-order valence-corrected chi connectivity index (χ3v) is 17.1. The Balaban J connectivity index is 0.825. The number of fused-ring (bicyclic) bond motifs is 9. The van der Waals surface area contributed by atoms with Gasteiger partial charge in [-0.15, -0.1) is 0 Å². The molecule has 2 nitrogen and oxygen atoms in total. The molecule has 0 spiro atoms. The topological polar surface area (TPSA) is 8.17 Å². The van der Waals surface area contributed by atoms with E-state index in [1.807, 2.05) is 0 Å². The molecule has 74 heavy (non-hydrogen) atoms. The van der Waals surface area contributed by atoms with Gasteiger partial charge in [0.25, 0.3) is 0 Å². The van der Waals surface area contributed by atoms with Gasteiger partial charge < -0.3 is 9.47 Å². The van der Waals surface area contributed by atoms with Crippen molar-refractivity contribution in [1.82, 2.24) is 4.57 Å². The summed E-state index contributed by atoms with van der Waals surface area (Å²) in [5.41, 5.74) is 28.7. The fourth-order valence-electron chi connectivity index (χ4n) is 13.1. The monoisotopic (exact) mass is 950 g/mol. The second-order valence-corrected chi connectivity index (χ2v) is 22.0. The zero-order valence-electron chi connectivity index (χ0n) is 42.7. The fourth-order valence-corrected chi connectivity index (χ4v) is 13.1. The van der Waals surface area contributed by atoms with Gasteiger partial charge in [-0.3, -0.25) is 0 Å². The summed E-state index contributed by atoms with van der Waals surface area (Å²) in [4.78, 5) is 2.58. The summed E-state index contributed by atoms with van der Waals surface area (Å²) in [5, 5.41) is 2.60. The molecule has 0 bridgehead atoms. The molecule has 9 aromatic carbocycles. The third kappa shape index (κ3) is 7.07. The van der Waals surface area contributed by atoms with Gasteiger partial charge in [0.15, 0.2) is 0 Å². The van der Waals surface area contributed by atoms with Crippen molar-refractivity contribution in [2.24, 2.45) is 0 Å². The first-order valence-corrected chi connectivity index (χ1v) is 26.6. The van der Waals surface area contributed by atoms with E-state index in [0.717, 1.165) is 25.7 Å². The number of aromatic nitrogens is 1. The van der Waals surface area contributed by atoms with E-state index in [0.29, 0.717) is 0 Å². The number of para-hydroxylation sites is 2. The molecule has 0 fully saturated rings. The second kappa shape index (κ2) is 17.1. The number of allylic oxidation sites excluding steroid dienone is 8. The van der Waals surface area contributed by atoms with Crippen LogP contribution in [0, 0.1) is 0 Å². The third-order valence-electron chi connectivity index (χ3n) is 17.1. The maximum absolute atomic E-state index is 2.58. The molecule has 0 atom stereocenters. The van der Waals surface area contributed by atoms with Crippen LogP contribution in [-0.4, -0.2) is 4.57 Å². The summed E-state index contributed by atoms with van der Waals surface area (Å²) in [6, 6.07) is 77.0. The highest BCUT2D eigenvalue weighted by Gasteiger charge is 2.39. The Kier molecular flexibility index (Phi) is 10.2. The molecule has 0 saturated heterocycles. The largest absolute Gasteiger partial charge is 0.314 e. The first kappa shape index (κ1) is 44.3. The van der Waals surface area contributed by atoms with Crippen molar-refractivity contribution in [3.63, 3.8) is 0 Å². The predicted octanol–water partition coefficient (Wildman–Crippen LogP) is 19.3. The molecule has 0 unspecified atom stereocenters. The molecule has 0 N–H and O–H groups in total. The van der Waals surface area contributed by atoms with Crippen molar-refractivity contribution in [3.05, 3.63) is 275 Å². The Morgan fingerprint density at radius 1 is 0.338 bits per heavy atom. The Bertz CT molecular complexity index is 3890. The lowest BCUT2D eigenvalue weighted by Gasteiger charge is -2.33. The van der Waals surface area contributed by atoms with Crippen LogP contribution in [0.15, 0.2) is 247 Å². The van der Waals surface area contributed by atoms with Crippen LogP contribution in [-0.2, 0) is 10.8 Å². The SMILES string of the molecule is CC1(C)c2cc(-c3ccccc3)ccc2-c2ccc(N(C3=CC=C(C4=CC=C(c5ccc6c(c5)c5ccccc5n6-c5ccccc5)CC4)CC3)c3ccc4c(c3)C(C)(C)c3cc(-c5ccccc5)ccc3-4)cc21. The molecule has 1 heterocycles. The van der Waals surface area contributed by atoms with E-state index in [1.165, 1.54) is 134 Å². The van der Waals surface area contributed by atoms with Crippen molar-refractivity contribution in [3.8, 4) is 50.2 Å². The van der Waals surface area contributed by atoms with Gasteiger partial charge in [-0.2, -0.15) is 0 Å². The molecule has 0 saturated carbocycles. The Hall–Kier alpha value is -8.46. The summed E-state index contributed by atoms with van der Waals surface area (Å²) in [6.07, 6.45) is 13.7. The molecular weight excluding hydrogens is 893 g/mol. The van der Waals surface area contributed by atoms with Gasteiger partial charge in [0.2, 0.25) is 0 Å². The molecule has 14 rings (SSSR count). The van der Waals surface area contributed by atoms with E-state index in [1.54, 1.807) is 0 Å². The number of benzene rings is 9. The summed E-state index contributed by atoms with van der Waals surface area (Å²) < 4.78 is 2.40. The molecule has 2 heteroatoms. The Labute approximate surface area is 435 Å². The van der Waals surface area contributed by atoms with Crippen molar-refractivity contribution in [2.75, 3.05) is 4.90 Å². The van der Waals surface area contributed by atoms with Crippen molar-refractivity contribution in [1.29, 1.82) is 0 Å². The van der Waals surface area contributed by atoms with Crippen LogP contribution in [0.25, 0.3) is 77.6 Å². The number of hydrogen-bond donors (Lipinski definition) is 0. The average Bonchev–Trinajstić information content (AvgIpc) is 3.99. The van der Waals surface area contributed by atoms with Gasteiger partial charge in [-0.1, -0.05) is 185 Å². The highest BCUT2D eigenvalue weighted by Crippen LogP contribution is 2.54. The molecule has 356 valence electrons. The summed E-state index contributed by atoms with van der Waals surface area (Å²) in [6.45, 7) is 9.65. The highest BCUT2D eigenvalue weighted by molar-refractivity contribution is 6.10. The zero-order valence-corrected chi connectivity index (χ0v) is 42.7. The Morgan fingerprint density at radius 2 is 0.784 bits per heavy atom. The minimum Gasteiger partial charge on any atom is -0.314 e. The van der Waals surface area contributed by atoms with Gasteiger partial charge in [0.05, 0.1) is 11.0 Å². The summed E-state index contributed by atoms with van der Waals surface area (Å²) in [5.74, 6) is 0. The van der Waals surface area contributed by atoms with Crippen LogP contribution in [0.4, 0.5) is 11.4 Å². The number of nitrogens with zero attached hydrogens (tertiary/aromatic N) is 2. The van der Waals surface area contributed by atoms with E-state index in [4.69, 9.17) is 0 Å². The molecule has 4 aliphatic rings. The lowest BCUT2D eigenvalue weighted by atomic mass is 9.81. The Morgan fingerprint density at radius 3 is 1.32 bits per heavy atom. The average molecular weight is 951 g/mol. The molecule has 10 aromatic rings. The lowest BCUT2D eigenvalue weighted by Crippen LogP contribution is -2.21. The van der Waals surface area contributed by atoms with Crippen LogP contribution >= 0.6 is 0 Å². The fraction of sp³-hybridized carbons (Fsp3) is 0.139. The maximum atomic E-state index is 2.58. The first-order chi connectivity index (χ1) is 36.2. The quantitative estimate of drug-likeness (QED) is 0.147. The minimum absolute atomic E-state index is 0.171. The van der Waals surface area contributed by atoms with Crippen molar-refractivity contribution in [2.45, 2.75) is 64.2 Å². The first-order valence-electron chi connectivity index (χ1n) is 26.6. The van der Waals surface area contributed by atoms with E-state index in [2.05, 4.69) is 268 Å². The second-order valence-electron chi connectivity index (χ2n) is 22.0. The highest BCUT2D eigenvalue weighted by atomic mass is 15.1. The van der Waals surface area contributed by atoms with E-state index in [9.17, 15) is 0 Å². The van der Waals surface area contributed by atoms with Crippen molar-refractivity contribution >= 4 is 38.8 Å². The van der Waals surface area contributed by atoms with Crippen LogP contribution < -0.4 is 4.90 Å². The van der Waals surface area contributed by atoms with Gasteiger partial charge in [-0.25, -0.2) is 0 Å². The molecule has 0 radical (unpaired) electrons. The number of anilines is 2. The van der Waals surface area contributed by atoms with Crippen molar-refractivity contribution < 1.29 is 0 Å². The lowest BCUT2D eigenvalue weighted by molar-refractivity contribution is 0.660. The standard InChI is InChI=1S/C72H58N2/c1-71(2)65-43-53(47-16-8-5-9-17-47)30-37-59(65)61-39-35-57(45-67(61)71)73(58-36-40-62-60-38-31-54(48-18-10-6-11-19-48)44-66(60)72(3,4)68(62)46-58)56-33-28-50(29-34-56)49-24-26-51(27-25-49)52-32-41-70-64(42-52)63-22-14-15-23-69(63)74(70)55-20-12-7-13-21-55/h5-24,26,28,30-33,35-46H,25,27,29,34H2,1-4H3. The molecular formula is C72H58N2. The summed E-state index contributed by atoms with van der Waals surface area (Å²) >= 11 is 0. The van der Waals surface area contributed by atoms with E-state index < -0.39 is 0 Å². The predicted molar refractivity (Wildman–Crippen MR) is 312 cm³/mol. The van der Waals surface area contributed by atoms with Gasteiger partial charge in [0, 0.05) is 44.4 Å². The molecule has 4 aliphatic carbocycles. The maximum Gasteiger partial charge on any atom is 0.0541 e. The van der Waals surface area contributed by atoms with Gasteiger partial charge in [-0.05, 0) is 188 Å². The number of hydrogen-bond acceptors (Lipinski definition) is 1. The molecule has 0 amide bonds.